The molecule has 1 aliphatic heterocycles. The molecule has 0 aromatic heterocycles. The zero-order valence-corrected chi connectivity index (χ0v) is 11.8. The number of carbonyl (C=O) groups is 1. The van der Waals surface area contributed by atoms with Crippen LogP contribution in [0.15, 0.2) is 27.7 Å². The predicted molar refractivity (Wildman–Crippen MR) is 73.6 cm³/mol. The van der Waals surface area contributed by atoms with Crippen LogP contribution in [0.3, 0.4) is 0 Å². The molecule has 1 amide bonds. The molecule has 1 aromatic carbocycles. The quantitative estimate of drug-likeness (QED) is 0.876. The lowest BCUT2D eigenvalue weighted by molar-refractivity contribution is -0.120. The minimum atomic E-state index is -0.549. The summed E-state index contributed by atoms with van der Waals surface area (Å²) in [5, 5.41) is 6.47. The van der Waals surface area contributed by atoms with Crippen LogP contribution >= 0.6 is 27.5 Å². The number of nitrogens with zero attached hydrogens (tertiary/aromatic N) is 1. The third-order valence-corrected chi connectivity index (χ3v) is 3.74. The minimum Gasteiger partial charge on any atom is -0.353 e. The Hall–Kier alpha value is -1.07. The molecule has 1 saturated carbocycles. The van der Waals surface area contributed by atoms with Crippen LogP contribution in [0.4, 0.5) is 0 Å². The Bertz CT molecular complexity index is 542. The summed E-state index contributed by atoms with van der Waals surface area (Å²) >= 11 is 9.48. The molecule has 2 N–H and O–H groups in total. The van der Waals surface area contributed by atoms with Crippen LogP contribution in [0.1, 0.15) is 24.4 Å². The molecule has 0 spiro atoms. The third-order valence-electron chi connectivity index (χ3n) is 2.92. The standard InChI is InChI=1S/C12H11BrClN3O/c13-6-1-4-8(9(14)5-6)10-11(18)17-12(16-10)15-7-2-3-7/h1,4-5,7,10H,2-3H2,(H2,15,16,17,18). The summed E-state index contributed by atoms with van der Waals surface area (Å²) in [5.41, 5.74) is 0.727. The highest BCUT2D eigenvalue weighted by Gasteiger charge is 2.32. The van der Waals surface area contributed by atoms with Crippen LogP contribution in [-0.2, 0) is 4.79 Å². The van der Waals surface area contributed by atoms with E-state index in [1.54, 1.807) is 6.07 Å². The smallest absolute Gasteiger partial charge is 0.256 e. The normalized spacial score (nSPS) is 22.7. The largest absolute Gasteiger partial charge is 0.353 e. The minimum absolute atomic E-state index is 0.137. The topological polar surface area (TPSA) is 53.5 Å². The number of hydrogen-bond donors (Lipinski definition) is 2. The van der Waals surface area contributed by atoms with Gasteiger partial charge in [-0.2, -0.15) is 0 Å². The molecule has 0 radical (unpaired) electrons. The van der Waals surface area contributed by atoms with E-state index in [9.17, 15) is 4.79 Å². The Morgan fingerprint density at radius 1 is 1.44 bits per heavy atom. The maximum atomic E-state index is 11.9. The van der Waals surface area contributed by atoms with E-state index in [1.165, 1.54) is 0 Å². The van der Waals surface area contributed by atoms with Crippen LogP contribution in [-0.4, -0.2) is 17.9 Å². The highest BCUT2D eigenvalue weighted by molar-refractivity contribution is 9.10. The molecule has 18 heavy (non-hydrogen) atoms. The van der Waals surface area contributed by atoms with Crippen molar-refractivity contribution in [2.24, 2.45) is 4.99 Å². The van der Waals surface area contributed by atoms with Crippen LogP contribution in [0.2, 0.25) is 5.02 Å². The van der Waals surface area contributed by atoms with Gasteiger partial charge in [0.05, 0.1) is 0 Å². The number of guanidine groups is 1. The first kappa shape index (κ1) is 12.0. The first-order valence-corrected chi connectivity index (χ1v) is 6.91. The molecule has 1 atom stereocenters. The molecule has 2 aliphatic rings. The molecule has 0 saturated heterocycles. The van der Waals surface area contributed by atoms with E-state index in [2.05, 4.69) is 31.6 Å². The van der Waals surface area contributed by atoms with Crippen molar-refractivity contribution >= 4 is 39.4 Å². The van der Waals surface area contributed by atoms with E-state index in [4.69, 9.17) is 11.6 Å². The van der Waals surface area contributed by atoms with Crippen molar-refractivity contribution in [1.29, 1.82) is 0 Å². The third kappa shape index (κ3) is 2.37. The number of rotatable bonds is 2. The summed E-state index contributed by atoms with van der Waals surface area (Å²) in [6.07, 6.45) is 2.27. The second-order valence-corrected chi connectivity index (χ2v) is 5.78. The first-order chi connectivity index (χ1) is 8.63. The molecule has 1 fully saturated rings. The second kappa shape index (κ2) is 4.55. The lowest BCUT2D eigenvalue weighted by Crippen LogP contribution is -2.37. The van der Waals surface area contributed by atoms with Crippen molar-refractivity contribution in [2.45, 2.75) is 24.9 Å². The predicted octanol–water partition coefficient (Wildman–Crippen LogP) is 2.38. The van der Waals surface area contributed by atoms with Gasteiger partial charge in [0.2, 0.25) is 0 Å². The number of carbonyl (C=O) groups excluding carboxylic acids is 1. The lowest BCUT2D eigenvalue weighted by Gasteiger charge is -2.07. The van der Waals surface area contributed by atoms with E-state index in [0.29, 0.717) is 17.0 Å². The van der Waals surface area contributed by atoms with E-state index >= 15 is 0 Å². The summed E-state index contributed by atoms with van der Waals surface area (Å²) in [6.45, 7) is 0. The number of nitrogens with one attached hydrogen (secondary N) is 2. The maximum absolute atomic E-state index is 11.9. The van der Waals surface area contributed by atoms with Gasteiger partial charge < -0.3 is 5.32 Å². The van der Waals surface area contributed by atoms with Gasteiger partial charge in [-0.3, -0.25) is 10.1 Å². The van der Waals surface area contributed by atoms with Gasteiger partial charge in [0.25, 0.3) is 5.91 Å². The van der Waals surface area contributed by atoms with Crippen LogP contribution in [0, 0.1) is 0 Å². The molecular formula is C12H11BrClN3O. The van der Waals surface area contributed by atoms with Crippen molar-refractivity contribution in [3.8, 4) is 0 Å². The molecule has 3 rings (SSSR count). The van der Waals surface area contributed by atoms with Gasteiger partial charge in [0.15, 0.2) is 12.0 Å². The zero-order valence-electron chi connectivity index (χ0n) is 9.41. The summed E-state index contributed by atoms with van der Waals surface area (Å²) < 4.78 is 0.884. The summed E-state index contributed by atoms with van der Waals surface area (Å²) in [4.78, 5) is 16.2. The van der Waals surface area contributed by atoms with Gasteiger partial charge in [-0.25, -0.2) is 4.99 Å². The number of halogens is 2. The van der Waals surface area contributed by atoms with E-state index < -0.39 is 6.04 Å². The van der Waals surface area contributed by atoms with Crippen molar-refractivity contribution in [3.05, 3.63) is 33.3 Å². The average Bonchev–Trinajstić information content (AvgIpc) is 3.03. The Labute approximate surface area is 118 Å². The molecule has 4 nitrogen and oxygen atoms in total. The van der Waals surface area contributed by atoms with Gasteiger partial charge in [-0.05, 0) is 25.0 Å². The van der Waals surface area contributed by atoms with Gasteiger partial charge >= 0.3 is 0 Å². The van der Waals surface area contributed by atoms with Gasteiger partial charge in [-0.1, -0.05) is 33.6 Å². The molecule has 1 heterocycles. The highest BCUT2D eigenvalue weighted by atomic mass is 79.9. The lowest BCUT2D eigenvalue weighted by atomic mass is 10.1. The number of aliphatic imine (C=N–C) groups is 1. The van der Waals surface area contributed by atoms with E-state index in [1.807, 2.05) is 12.1 Å². The maximum Gasteiger partial charge on any atom is 0.256 e. The fourth-order valence-corrected chi connectivity index (χ4v) is 2.61. The van der Waals surface area contributed by atoms with Gasteiger partial charge in [0, 0.05) is 21.1 Å². The van der Waals surface area contributed by atoms with E-state index in [0.717, 1.165) is 22.9 Å². The Balaban J connectivity index is 1.86. The fourth-order valence-electron chi connectivity index (χ4n) is 1.83. The zero-order chi connectivity index (χ0) is 12.7. The average molecular weight is 329 g/mol. The molecular weight excluding hydrogens is 318 g/mol. The van der Waals surface area contributed by atoms with Gasteiger partial charge in [-0.15, -0.1) is 0 Å². The molecule has 0 bridgehead atoms. The van der Waals surface area contributed by atoms with Crippen molar-refractivity contribution < 1.29 is 4.79 Å². The Kier molecular flexibility index (Phi) is 3.03. The van der Waals surface area contributed by atoms with Crippen LogP contribution in [0.25, 0.3) is 0 Å². The molecule has 6 heteroatoms. The molecule has 1 unspecified atom stereocenters. The van der Waals surface area contributed by atoms with Crippen molar-refractivity contribution in [2.75, 3.05) is 0 Å². The number of amides is 1. The molecule has 94 valence electrons. The number of hydrogen-bond acceptors (Lipinski definition) is 3. The summed E-state index contributed by atoms with van der Waals surface area (Å²) in [7, 11) is 0. The monoisotopic (exact) mass is 327 g/mol. The highest BCUT2D eigenvalue weighted by Crippen LogP contribution is 2.30. The second-order valence-electron chi connectivity index (χ2n) is 4.45. The summed E-state index contributed by atoms with van der Waals surface area (Å²) in [6, 6.07) is 5.36. The fraction of sp³-hybridized carbons (Fsp3) is 0.333. The van der Waals surface area contributed by atoms with Crippen LogP contribution < -0.4 is 10.6 Å². The van der Waals surface area contributed by atoms with Crippen LogP contribution in [0.5, 0.6) is 0 Å². The van der Waals surface area contributed by atoms with E-state index in [-0.39, 0.29) is 5.91 Å². The first-order valence-electron chi connectivity index (χ1n) is 5.73. The number of benzene rings is 1. The summed E-state index contributed by atoms with van der Waals surface area (Å²) in [5.74, 6) is 0.425. The Morgan fingerprint density at radius 2 is 2.22 bits per heavy atom. The Morgan fingerprint density at radius 3 is 2.89 bits per heavy atom. The SMILES string of the molecule is O=C1NC(NC2CC2)=NC1c1ccc(Br)cc1Cl. The molecule has 1 aliphatic carbocycles. The molecule has 1 aromatic rings. The van der Waals surface area contributed by atoms with Crippen molar-refractivity contribution in [3.63, 3.8) is 0 Å². The van der Waals surface area contributed by atoms with Crippen molar-refractivity contribution in [1.82, 2.24) is 10.6 Å². The van der Waals surface area contributed by atoms with Gasteiger partial charge in [0.1, 0.15) is 0 Å².